The number of aromatic nitrogens is 1. The molecule has 1 aliphatic heterocycles. The zero-order valence-corrected chi connectivity index (χ0v) is 13.5. The minimum absolute atomic E-state index is 0.0907. The summed E-state index contributed by atoms with van der Waals surface area (Å²) in [5.41, 5.74) is 4.84. The van der Waals surface area contributed by atoms with Gasteiger partial charge in [-0.05, 0) is 50.5 Å². The number of carbonyl (C=O) groups excluding carboxylic acids is 1. The average molecular weight is 298 g/mol. The van der Waals surface area contributed by atoms with Crippen LogP contribution in [0.2, 0.25) is 0 Å². The van der Waals surface area contributed by atoms with Crippen molar-refractivity contribution in [2.45, 2.75) is 27.2 Å². The Morgan fingerprint density at radius 1 is 1.14 bits per heavy atom. The van der Waals surface area contributed by atoms with Crippen LogP contribution in [0.5, 0.6) is 0 Å². The number of rotatable bonds is 1. The maximum Gasteiger partial charge on any atom is 0.254 e. The molecule has 1 aromatic carbocycles. The van der Waals surface area contributed by atoms with E-state index in [1.54, 1.807) is 0 Å². The molecule has 3 rings (SSSR count). The van der Waals surface area contributed by atoms with E-state index in [0.717, 1.165) is 47.3 Å². The highest BCUT2D eigenvalue weighted by Crippen LogP contribution is 2.25. The van der Waals surface area contributed by atoms with Crippen LogP contribution in [0.15, 0.2) is 18.2 Å². The van der Waals surface area contributed by atoms with Crippen molar-refractivity contribution >= 4 is 16.8 Å². The number of ether oxygens (including phenoxy) is 1. The van der Waals surface area contributed by atoms with E-state index >= 15 is 0 Å². The Morgan fingerprint density at radius 3 is 2.77 bits per heavy atom. The number of hydrogen-bond acceptors (Lipinski definition) is 3. The van der Waals surface area contributed by atoms with Crippen molar-refractivity contribution in [3.05, 3.63) is 40.6 Å². The highest BCUT2D eigenvalue weighted by Gasteiger charge is 2.21. The molecule has 1 fully saturated rings. The van der Waals surface area contributed by atoms with Gasteiger partial charge in [-0.25, -0.2) is 0 Å². The summed E-state index contributed by atoms with van der Waals surface area (Å²) >= 11 is 0. The number of fused-ring (bicyclic) bond motifs is 1. The van der Waals surface area contributed by atoms with Crippen LogP contribution < -0.4 is 0 Å². The van der Waals surface area contributed by atoms with Crippen LogP contribution in [0.3, 0.4) is 0 Å². The molecule has 0 bridgehead atoms. The number of amides is 1. The Kier molecular flexibility index (Phi) is 4.12. The van der Waals surface area contributed by atoms with Gasteiger partial charge in [0.15, 0.2) is 0 Å². The number of benzene rings is 1. The zero-order chi connectivity index (χ0) is 15.7. The van der Waals surface area contributed by atoms with Gasteiger partial charge in [0.2, 0.25) is 0 Å². The molecular formula is C18H22N2O2. The van der Waals surface area contributed by atoms with Crippen LogP contribution in [0.25, 0.3) is 10.9 Å². The summed E-state index contributed by atoms with van der Waals surface area (Å²) in [6.07, 6.45) is 0.895. The summed E-state index contributed by atoms with van der Waals surface area (Å²) in [5.74, 6) is 0.0907. The van der Waals surface area contributed by atoms with Crippen molar-refractivity contribution < 1.29 is 9.53 Å². The first-order valence-electron chi connectivity index (χ1n) is 7.82. The Hall–Kier alpha value is -1.94. The van der Waals surface area contributed by atoms with Gasteiger partial charge >= 0.3 is 0 Å². The van der Waals surface area contributed by atoms with Gasteiger partial charge in [-0.1, -0.05) is 6.07 Å². The van der Waals surface area contributed by atoms with Crippen molar-refractivity contribution in [2.24, 2.45) is 0 Å². The Morgan fingerprint density at radius 2 is 1.95 bits per heavy atom. The number of nitrogens with zero attached hydrogens (tertiary/aromatic N) is 2. The molecule has 0 radical (unpaired) electrons. The Bertz CT molecular complexity index is 711. The van der Waals surface area contributed by atoms with Crippen molar-refractivity contribution in [3.8, 4) is 0 Å². The predicted octanol–water partition coefficient (Wildman–Crippen LogP) is 3.02. The quantitative estimate of drug-likeness (QED) is 0.812. The maximum atomic E-state index is 13.0. The monoisotopic (exact) mass is 298 g/mol. The van der Waals surface area contributed by atoms with Gasteiger partial charge in [-0.15, -0.1) is 0 Å². The number of carbonyl (C=O) groups is 1. The van der Waals surface area contributed by atoms with Crippen LogP contribution in [0, 0.1) is 20.8 Å². The first kappa shape index (κ1) is 15.0. The smallest absolute Gasteiger partial charge is 0.254 e. The van der Waals surface area contributed by atoms with E-state index in [4.69, 9.17) is 4.74 Å². The van der Waals surface area contributed by atoms with Crippen molar-refractivity contribution in [1.82, 2.24) is 9.88 Å². The molecule has 0 N–H and O–H groups in total. The topological polar surface area (TPSA) is 42.4 Å². The lowest BCUT2D eigenvalue weighted by Gasteiger charge is -2.21. The summed E-state index contributed by atoms with van der Waals surface area (Å²) < 4.78 is 5.46. The van der Waals surface area contributed by atoms with E-state index in [9.17, 15) is 4.79 Å². The van der Waals surface area contributed by atoms with Gasteiger partial charge in [-0.3, -0.25) is 9.78 Å². The predicted molar refractivity (Wildman–Crippen MR) is 87.3 cm³/mol. The van der Waals surface area contributed by atoms with Crippen molar-refractivity contribution in [2.75, 3.05) is 26.3 Å². The van der Waals surface area contributed by atoms with Gasteiger partial charge in [0.05, 0.1) is 17.7 Å². The highest BCUT2D eigenvalue weighted by atomic mass is 16.5. The second-order valence-corrected chi connectivity index (χ2v) is 6.05. The molecule has 116 valence electrons. The molecular weight excluding hydrogens is 276 g/mol. The number of pyridine rings is 1. The maximum absolute atomic E-state index is 13.0. The van der Waals surface area contributed by atoms with Crippen molar-refractivity contribution in [3.63, 3.8) is 0 Å². The average Bonchev–Trinajstić information content (AvgIpc) is 2.73. The summed E-state index contributed by atoms with van der Waals surface area (Å²) in [6.45, 7) is 8.82. The van der Waals surface area contributed by atoms with Crippen molar-refractivity contribution in [1.29, 1.82) is 0 Å². The van der Waals surface area contributed by atoms with Gasteiger partial charge in [0, 0.05) is 30.8 Å². The van der Waals surface area contributed by atoms with Crippen LogP contribution in [-0.4, -0.2) is 42.1 Å². The van der Waals surface area contributed by atoms with Crippen LogP contribution >= 0.6 is 0 Å². The lowest BCUT2D eigenvalue weighted by atomic mass is 9.99. The lowest BCUT2D eigenvalue weighted by Crippen LogP contribution is -2.33. The Balaban J connectivity index is 2.11. The zero-order valence-electron chi connectivity index (χ0n) is 13.5. The molecule has 0 aliphatic carbocycles. The van der Waals surface area contributed by atoms with E-state index in [1.807, 2.05) is 17.9 Å². The minimum Gasteiger partial charge on any atom is -0.380 e. The van der Waals surface area contributed by atoms with Crippen LogP contribution in [0.4, 0.5) is 0 Å². The first-order valence-corrected chi connectivity index (χ1v) is 7.82. The normalized spacial score (nSPS) is 15.9. The third kappa shape index (κ3) is 2.83. The van der Waals surface area contributed by atoms with Crippen LogP contribution in [0.1, 0.15) is 33.6 Å². The summed E-state index contributed by atoms with van der Waals surface area (Å²) in [7, 11) is 0. The van der Waals surface area contributed by atoms with E-state index in [2.05, 4.69) is 31.0 Å². The van der Waals surface area contributed by atoms with Gasteiger partial charge in [0.1, 0.15) is 0 Å². The SMILES string of the molecule is Cc1cc(C)c2c(C(=O)N3CCCOCC3)cc(C)nc2c1. The number of hydrogen-bond donors (Lipinski definition) is 0. The fourth-order valence-corrected chi connectivity index (χ4v) is 3.18. The van der Waals surface area contributed by atoms with Gasteiger partial charge in [0.25, 0.3) is 5.91 Å². The van der Waals surface area contributed by atoms with Gasteiger partial charge < -0.3 is 9.64 Å². The third-order valence-electron chi connectivity index (χ3n) is 4.12. The molecule has 0 spiro atoms. The van der Waals surface area contributed by atoms with Crippen LogP contribution in [-0.2, 0) is 4.74 Å². The molecule has 4 heteroatoms. The second kappa shape index (κ2) is 6.05. The molecule has 1 amide bonds. The summed E-state index contributed by atoms with van der Waals surface area (Å²) in [5, 5.41) is 0.978. The molecule has 4 nitrogen and oxygen atoms in total. The largest absolute Gasteiger partial charge is 0.380 e. The molecule has 0 saturated carbocycles. The summed E-state index contributed by atoms with van der Waals surface area (Å²) in [6, 6.07) is 6.08. The van der Waals surface area contributed by atoms with E-state index < -0.39 is 0 Å². The molecule has 0 atom stereocenters. The molecule has 22 heavy (non-hydrogen) atoms. The number of aryl methyl sites for hydroxylation is 3. The molecule has 2 heterocycles. The van der Waals surface area contributed by atoms with Gasteiger partial charge in [-0.2, -0.15) is 0 Å². The molecule has 0 unspecified atom stereocenters. The van der Waals surface area contributed by atoms with E-state index in [-0.39, 0.29) is 5.91 Å². The molecule has 1 aromatic heterocycles. The fraction of sp³-hybridized carbons (Fsp3) is 0.444. The Labute approximate surface area is 131 Å². The molecule has 1 aliphatic rings. The highest BCUT2D eigenvalue weighted by molar-refractivity contribution is 6.07. The second-order valence-electron chi connectivity index (χ2n) is 6.05. The fourth-order valence-electron chi connectivity index (χ4n) is 3.18. The third-order valence-corrected chi connectivity index (χ3v) is 4.12. The lowest BCUT2D eigenvalue weighted by molar-refractivity contribution is 0.0743. The minimum atomic E-state index is 0.0907. The first-order chi connectivity index (χ1) is 10.6. The van der Waals surface area contributed by atoms with E-state index in [1.165, 1.54) is 5.56 Å². The standard InChI is InChI=1S/C18H22N2O2/c1-12-9-13(2)17-15(11-14(3)19-16(17)10-12)18(21)20-5-4-7-22-8-6-20/h9-11H,4-8H2,1-3H3. The molecule has 1 saturated heterocycles. The summed E-state index contributed by atoms with van der Waals surface area (Å²) in [4.78, 5) is 19.5. The van der Waals surface area contributed by atoms with E-state index in [0.29, 0.717) is 13.2 Å². The molecule has 2 aromatic rings.